The van der Waals surface area contributed by atoms with E-state index in [4.69, 9.17) is 14.2 Å². The van der Waals surface area contributed by atoms with E-state index < -0.39 is 0 Å². The van der Waals surface area contributed by atoms with Gasteiger partial charge < -0.3 is 14.2 Å². The van der Waals surface area contributed by atoms with Gasteiger partial charge in [0.05, 0.1) is 11.8 Å². The number of carbonyl (C=O) groups is 3. The zero-order valence-electron chi connectivity index (χ0n) is 14.1. The monoisotopic (exact) mass is 346 g/mol. The molecule has 0 saturated heterocycles. The third kappa shape index (κ3) is 4.59. The molecule has 134 valence electrons. The zero-order valence-corrected chi connectivity index (χ0v) is 14.1. The van der Waals surface area contributed by atoms with E-state index in [1.54, 1.807) is 0 Å². The van der Waals surface area contributed by atoms with E-state index in [-0.39, 0.29) is 47.5 Å². The van der Waals surface area contributed by atoms with Crippen LogP contribution in [0.25, 0.3) is 0 Å². The quantitative estimate of drug-likeness (QED) is 0.446. The SMILES string of the molecule is O=COc1cc(OC(=O)C2CCCC2)cc(OC(=O)C2CCCC2)c1. The topological polar surface area (TPSA) is 78.9 Å². The Morgan fingerprint density at radius 2 is 1.16 bits per heavy atom. The van der Waals surface area contributed by atoms with E-state index in [1.165, 1.54) is 18.2 Å². The third-order valence-corrected chi connectivity index (χ3v) is 4.85. The van der Waals surface area contributed by atoms with Crippen molar-refractivity contribution in [3.8, 4) is 17.2 Å². The van der Waals surface area contributed by atoms with Crippen molar-refractivity contribution in [2.45, 2.75) is 51.4 Å². The average molecular weight is 346 g/mol. The Kier molecular flexibility index (Phi) is 5.68. The maximum Gasteiger partial charge on any atom is 0.314 e. The molecular weight excluding hydrogens is 324 g/mol. The number of rotatable bonds is 6. The molecule has 0 heterocycles. The molecule has 0 spiro atoms. The number of carbonyl (C=O) groups excluding carboxylic acids is 3. The van der Waals surface area contributed by atoms with Gasteiger partial charge in [-0.05, 0) is 25.7 Å². The number of benzene rings is 1. The van der Waals surface area contributed by atoms with Gasteiger partial charge in [-0.2, -0.15) is 0 Å². The summed E-state index contributed by atoms with van der Waals surface area (Å²) in [5.74, 6) is -0.195. The van der Waals surface area contributed by atoms with Crippen molar-refractivity contribution in [2.75, 3.05) is 0 Å². The van der Waals surface area contributed by atoms with E-state index in [1.807, 2.05) is 0 Å². The molecule has 6 nitrogen and oxygen atoms in total. The number of hydrogen-bond donors (Lipinski definition) is 0. The first kappa shape index (κ1) is 17.5. The summed E-state index contributed by atoms with van der Waals surface area (Å²) in [7, 11) is 0. The van der Waals surface area contributed by atoms with E-state index in [9.17, 15) is 14.4 Å². The van der Waals surface area contributed by atoms with E-state index in [0.29, 0.717) is 0 Å². The summed E-state index contributed by atoms with van der Waals surface area (Å²) in [6.45, 7) is 0.278. The normalized spacial score (nSPS) is 18.1. The first-order valence-electron chi connectivity index (χ1n) is 8.84. The van der Waals surface area contributed by atoms with E-state index in [0.717, 1.165) is 51.4 Å². The Bertz CT molecular complexity index is 593. The standard InChI is InChI=1S/C19H22O6/c20-12-23-15-9-16(24-18(21)13-5-1-2-6-13)11-17(10-15)25-19(22)14-7-3-4-8-14/h9-14H,1-8H2. The Hall–Kier alpha value is -2.37. The van der Waals surface area contributed by atoms with Gasteiger partial charge in [0.1, 0.15) is 17.2 Å². The molecule has 0 atom stereocenters. The van der Waals surface area contributed by atoms with Crippen molar-refractivity contribution in [1.29, 1.82) is 0 Å². The molecule has 3 rings (SSSR count). The van der Waals surface area contributed by atoms with Gasteiger partial charge in [-0.1, -0.05) is 25.7 Å². The highest BCUT2D eigenvalue weighted by atomic mass is 16.6. The molecule has 0 unspecified atom stereocenters. The van der Waals surface area contributed by atoms with Crippen LogP contribution in [0.2, 0.25) is 0 Å². The highest BCUT2D eigenvalue weighted by Gasteiger charge is 2.26. The molecule has 2 aliphatic rings. The molecular formula is C19H22O6. The van der Waals surface area contributed by atoms with Crippen LogP contribution in [0.1, 0.15) is 51.4 Å². The smallest absolute Gasteiger partial charge is 0.314 e. The van der Waals surface area contributed by atoms with Crippen LogP contribution in [-0.4, -0.2) is 18.4 Å². The van der Waals surface area contributed by atoms with Crippen LogP contribution in [0.4, 0.5) is 0 Å². The molecule has 0 N–H and O–H groups in total. The van der Waals surface area contributed by atoms with Crippen LogP contribution < -0.4 is 14.2 Å². The first-order chi connectivity index (χ1) is 12.2. The average Bonchev–Trinajstić information content (AvgIpc) is 3.29. The predicted molar refractivity (Wildman–Crippen MR) is 88.3 cm³/mol. The lowest BCUT2D eigenvalue weighted by Crippen LogP contribution is -2.19. The van der Waals surface area contributed by atoms with Gasteiger partial charge in [-0.3, -0.25) is 14.4 Å². The molecule has 2 saturated carbocycles. The van der Waals surface area contributed by atoms with Gasteiger partial charge in [-0.15, -0.1) is 0 Å². The number of esters is 2. The van der Waals surface area contributed by atoms with E-state index in [2.05, 4.69) is 0 Å². The summed E-state index contributed by atoms with van der Waals surface area (Å²) in [5.41, 5.74) is 0. The molecule has 0 aliphatic heterocycles. The molecule has 0 amide bonds. The Balaban J connectivity index is 1.72. The fraction of sp³-hybridized carbons (Fsp3) is 0.526. The molecule has 25 heavy (non-hydrogen) atoms. The van der Waals surface area contributed by atoms with Crippen LogP contribution in [-0.2, 0) is 14.4 Å². The van der Waals surface area contributed by atoms with Crippen LogP contribution >= 0.6 is 0 Å². The molecule has 6 heteroatoms. The Morgan fingerprint density at radius 1 is 0.760 bits per heavy atom. The van der Waals surface area contributed by atoms with Crippen molar-refractivity contribution >= 4 is 18.4 Å². The zero-order chi connectivity index (χ0) is 17.6. The predicted octanol–water partition coefficient (Wildman–Crippen LogP) is 3.41. The number of hydrogen-bond acceptors (Lipinski definition) is 6. The highest BCUT2D eigenvalue weighted by molar-refractivity contribution is 5.77. The van der Waals surface area contributed by atoms with E-state index >= 15 is 0 Å². The van der Waals surface area contributed by atoms with Gasteiger partial charge >= 0.3 is 11.9 Å². The second-order valence-corrected chi connectivity index (χ2v) is 6.66. The van der Waals surface area contributed by atoms with Crippen LogP contribution in [0.15, 0.2) is 18.2 Å². The molecule has 2 fully saturated rings. The van der Waals surface area contributed by atoms with Crippen LogP contribution in [0.3, 0.4) is 0 Å². The minimum atomic E-state index is -0.297. The van der Waals surface area contributed by atoms with Gasteiger partial charge in [0, 0.05) is 18.2 Å². The van der Waals surface area contributed by atoms with Gasteiger partial charge in [0.2, 0.25) is 0 Å². The summed E-state index contributed by atoms with van der Waals surface area (Å²) in [5, 5.41) is 0. The van der Waals surface area contributed by atoms with Crippen molar-refractivity contribution in [3.05, 3.63) is 18.2 Å². The lowest BCUT2D eigenvalue weighted by Gasteiger charge is -2.13. The molecule has 0 bridgehead atoms. The van der Waals surface area contributed by atoms with Crippen LogP contribution in [0, 0.1) is 11.8 Å². The molecule has 1 aromatic rings. The summed E-state index contributed by atoms with van der Waals surface area (Å²) in [4.78, 5) is 35.0. The van der Waals surface area contributed by atoms with Gasteiger partial charge in [-0.25, -0.2) is 0 Å². The number of ether oxygens (including phenoxy) is 3. The van der Waals surface area contributed by atoms with Crippen molar-refractivity contribution in [1.82, 2.24) is 0 Å². The van der Waals surface area contributed by atoms with Crippen molar-refractivity contribution in [3.63, 3.8) is 0 Å². The molecule has 0 aromatic heterocycles. The maximum absolute atomic E-state index is 12.2. The largest absolute Gasteiger partial charge is 0.428 e. The lowest BCUT2D eigenvalue weighted by atomic mass is 10.1. The summed E-state index contributed by atoms with van der Waals surface area (Å²) in [6.07, 6.45) is 7.41. The fourth-order valence-corrected chi connectivity index (χ4v) is 3.51. The fourth-order valence-electron chi connectivity index (χ4n) is 3.51. The van der Waals surface area contributed by atoms with Crippen LogP contribution in [0.5, 0.6) is 17.2 Å². The summed E-state index contributed by atoms with van der Waals surface area (Å²) in [6, 6.07) is 4.36. The van der Waals surface area contributed by atoms with Crippen molar-refractivity contribution < 1.29 is 28.6 Å². The second-order valence-electron chi connectivity index (χ2n) is 6.66. The van der Waals surface area contributed by atoms with Crippen molar-refractivity contribution in [2.24, 2.45) is 11.8 Å². The molecule has 2 aliphatic carbocycles. The Labute approximate surface area is 146 Å². The minimum Gasteiger partial charge on any atom is -0.428 e. The Morgan fingerprint density at radius 3 is 1.56 bits per heavy atom. The summed E-state index contributed by atoms with van der Waals surface area (Å²) >= 11 is 0. The minimum absolute atomic E-state index is 0.0971. The van der Waals surface area contributed by atoms with Gasteiger partial charge in [0.25, 0.3) is 6.47 Å². The second kappa shape index (κ2) is 8.14. The first-order valence-corrected chi connectivity index (χ1v) is 8.84. The third-order valence-electron chi connectivity index (χ3n) is 4.85. The molecule has 1 aromatic carbocycles. The molecule has 0 radical (unpaired) electrons. The van der Waals surface area contributed by atoms with Gasteiger partial charge in [0.15, 0.2) is 0 Å². The maximum atomic E-state index is 12.2. The summed E-state index contributed by atoms with van der Waals surface area (Å²) < 4.78 is 15.7. The highest BCUT2D eigenvalue weighted by Crippen LogP contribution is 2.32. The lowest BCUT2D eigenvalue weighted by molar-refractivity contribution is -0.139.